The highest BCUT2D eigenvalue weighted by Crippen LogP contribution is 2.29. The molecule has 3 rings (SSSR count). The molecule has 0 bridgehead atoms. The molecule has 7 nitrogen and oxygen atoms in total. The Morgan fingerprint density at radius 3 is 2.68 bits per heavy atom. The van der Waals surface area contributed by atoms with Crippen molar-refractivity contribution in [1.29, 1.82) is 0 Å². The van der Waals surface area contributed by atoms with Gasteiger partial charge in [-0.05, 0) is 56.4 Å². The predicted molar refractivity (Wildman–Crippen MR) is 109 cm³/mol. The molecular formula is C21H26N4O3. The highest BCUT2D eigenvalue weighted by Gasteiger charge is 2.13. The second kappa shape index (κ2) is 9.73. The number of hydrogen-bond acceptors (Lipinski definition) is 6. The topological polar surface area (TPSA) is 85.4 Å². The number of aromatic nitrogens is 2. The summed E-state index contributed by atoms with van der Waals surface area (Å²) < 4.78 is 10.5. The summed E-state index contributed by atoms with van der Waals surface area (Å²) in [5.41, 5.74) is 2.28. The molecule has 0 aliphatic heterocycles. The average Bonchev–Trinajstić information content (AvgIpc) is 2.75. The molecule has 2 N–H and O–H groups in total. The van der Waals surface area contributed by atoms with E-state index in [0.717, 1.165) is 13.0 Å². The Labute approximate surface area is 165 Å². The van der Waals surface area contributed by atoms with Crippen molar-refractivity contribution in [2.24, 2.45) is 0 Å². The largest absolute Gasteiger partial charge is 0.497 e. The van der Waals surface area contributed by atoms with Gasteiger partial charge in [0.2, 0.25) is 0 Å². The fraction of sp³-hybridized carbons (Fsp3) is 0.381. The van der Waals surface area contributed by atoms with Crippen molar-refractivity contribution in [3.63, 3.8) is 0 Å². The summed E-state index contributed by atoms with van der Waals surface area (Å²) >= 11 is 0. The SMILES string of the molecule is COc1ccc(NC(=O)c2ccc(NCCC3=CCCCC3)nn2)c(OC)c1. The molecule has 1 aliphatic rings. The van der Waals surface area contributed by atoms with Gasteiger partial charge in [-0.1, -0.05) is 11.6 Å². The molecule has 1 aromatic heterocycles. The molecule has 0 saturated heterocycles. The number of carbonyl (C=O) groups excluding carboxylic acids is 1. The molecule has 0 radical (unpaired) electrons. The van der Waals surface area contributed by atoms with E-state index in [-0.39, 0.29) is 11.6 Å². The van der Waals surface area contributed by atoms with Crippen LogP contribution in [0.15, 0.2) is 42.0 Å². The lowest BCUT2D eigenvalue weighted by Crippen LogP contribution is -2.15. The lowest BCUT2D eigenvalue weighted by Gasteiger charge is -2.13. The Hall–Kier alpha value is -3.09. The van der Waals surface area contributed by atoms with Gasteiger partial charge in [-0.2, -0.15) is 0 Å². The van der Waals surface area contributed by atoms with Gasteiger partial charge in [0, 0.05) is 12.6 Å². The third kappa shape index (κ3) is 5.22. The van der Waals surface area contributed by atoms with Crippen LogP contribution in [0.25, 0.3) is 0 Å². The van der Waals surface area contributed by atoms with Gasteiger partial charge in [-0.3, -0.25) is 4.79 Å². The van der Waals surface area contributed by atoms with Crippen LogP contribution in [-0.4, -0.2) is 36.9 Å². The maximum Gasteiger partial charge on any atom is 0.276 e. The number of rotatable bonds is 8. The Balaban J connectivity index is 1.55. The summed E-state index contributed by atoms with van der Waals surface area (Å²) in [5.74, 6) is 1.47. The van der Waals surface area contributed by atoms with Crippen LogP contribution < -0.4 is 20.1 Å². The van der Waals surface area contributed by atoms with Crippen LogP contribution in [0.5, 0.6) is 11.5 Å². The van der Waals surface area contributed by atoms with Gasteiger partial charge in [0.25, 0.3) is 5.91 Å². The van der Waals surface area contributed by atoms with E-state index < -0.39 is 0 Å². The van der Waals surface area contributed by atoms with E-state index in [9.17, 15) is 4.79 Å². The molecule has 2 aromatic rings. The molecule has 0 spiro atoms. The van der Waals surface area contributed by atoms with E-state index >= 15 is 0 Å². The van der Waals surface area contributed by atoms with Gasteiger partial charge in [-0.25, -0.2) is 0 Å². The second-order valence-corrected chi connectivity index (χ2v) is 6.61. The molecule has 1 heterocycles. The van der Waals surface area contributed by atoms with Gasteiger partial charge in [-0.15, -0.1) is 10.2 Å². The number of nitrogens with zero attached hydrogens (tertiary/aromatic N) is 2. The monoisotopic (exact) mass is 382 g/mol. The first-order chi connectivity index (χ1) is 13.7. The number of benzene rings is 1. The molecule has 1 amide bonds. The number of hydrogen-bond donors (Lipinski definition) is 2. The van der Waals surface area contributed by atoms with Crippen molar-refractivity contribution in [3.8, 4) is 11.5 Å². The van der Waals surface area contributed by atoms with Crippen LogP contribution in [0.2, 0.25) is 0 Å². The van der Waals surface area contributed by atoms with Gasteiger partial charge in [0.15, 0.2) is 5.69 Å². The number of nitrogens with one attached hydrogen (secondary N) is 2. The van der Waals surface area contributed by atoms with Crippen molar-refractivity contribution in [2.75, 3.05) is 31.4 Å². The number of amides is 1. The summed E-state index contributed by atoms with van der Waals surface area (Å²) in [6.07, 6.45) is 8.33. The van der Waals surface area contributed by atoms with E-state index in [0.29, 0.717) is 23.0 Å². The van der Waals surface area contributed by atoms with Crippen molar-refractivity contribution in [3.05, 3.63) is 47.7 Å². The van der Waals surface area contributed by atoms with Crippen molar-refractivity contribution in [1.82, 2.24) is 10.2 Å². The number of anilines is 2. The molecule has 0 saturated carbocycles. The highest BCUT2D eigenvalue weighted by atomic mass is 16.5. The van der Waals surface area contributed by atoms with Crippen LogP contribution >= 0.6 is 0 Å². The summed E-state index contributed by atoms with van der Waals surface area (Å²) in [7, 11) is 3.11. The molecule has 0 atom stereocenters. The first-order valence-corrected chi connectivity index (χ1v) is 9.48. The summed E-state index contributed by atoms with van der Waals surface area (Å²) in [4.78, 5) is 12.4. The Morgan fingerprint density at radius 2 is 2.00 bits per heavy atom. The van der Waals surface area contributed by atoms with E-state index in [2.05, 4.69) is 26.9 Å². The molecule has 1 aromatic carbocycles. The fourth-order valence-corrected chi connectivity index (χ4v) is 3.12. The molecule has 7 heteroatoms. The van der Waals surface area contributed by atoms with E-state index in [1.807, 2.05) is 0 Å². The lowest BCUT2D eigenvalue weighted by atomic mass is 9.97. The molecular weight excluding hydrogens is 356 g/mol. The third-order valence-corrected chi connectivity index (χ3v) is 4.69. The number of ether oxygens (including phenoxy) is 2. The molecule has 148 valence electrons. The van der Waals surface area contributed by atoms with Crippen molar-refractivity contribution < 1.29 is 14.3 Å². The van der Waals surface area contributed by atoms with Crippen LogP contribution in [0.1, 0.15) is 42.6 Å². The first kappa shape index (κ1) is 19.7. The Morgan fingerprint density at radius 1 is 1.11 bits per heavy atom. The quantitative estimate of drug-likeness (QED) is 0.670. The fourth-order valence-electron chi connectivity index (χ4n) is 3.12. The number of allylic oxidation sites excluding steroid dienone is 1. The zero-order chi connectivity index (χ0) is 19.8. The Bertz CT molecular complexity index is 834. The molecule has 0 unspecified atom stereocenters. The van der Waals surface area contributed by atoms with Gasteiger partial charge in [0.1, 0.15) is 17.3 Å². The summed E-state index contributed by atoms with van der Waals surface area (Å²) in [6, 6.07) is 8.59. The maximum absolute atomic E-state index is 12.4. The van der Waals surface area contributed by atoms with Crippen LogP contribution in [0, 0.1) is 0 Å². The maximum atomic E-state index is 12.4. The normalized spacial score (nSPS) is 13.4. The third-order valence-electron chi connectivity index (χ3n) is 4.69. The Kier molecular flexibility index (Phi) is 6.84. The minimum atomic E-state index is -0.352. The zero-order valence-corrected chi connectivity index (χ0v) is 16.3. The number of methoxy groups -OCH3 is 2. The van der Waals surface area contributed by atoms with E-state index in [1.165, 1.54) is 38.4 Å². The van der Waals surface area contributed by atoms with E-state index in [1.54, 1.807) is 37.4 Å². The number of carbonyl (C=O) groups is 1. The van der Waals surface area contributed by atoms with Gasteiger partial charge < -0.3 is 20.1 Å². The van der Waals surface area contributed by atoms with Crippen molar-refractivity contribution in [2.45, 2.75) is 32.1 Å². The van der Waals surface area contributed by atoms with Crippen LogP contribution in [0.3, 0.4) is 0 Å². The van der Waals surface area contributed by atoms with E-state index in [4.69, 9.17) is 9.47 Å². The summed E-state index contributed by atoms with van der Waals surface area (Å²) in [6.45, 7) is 0.815. The molecule has 28 heavy (non-hydrogen) atoms. The summed E-state index contributed by atoms with van der Waals surface area (Å²) in [5, 5.41) is 14.2. The smallest absolute Gasteiger partial charge is 0.276 e. The molecule has 0 fully saturated rings. The van der Waals surface area contributed by atoms with Gasteiger partial charge >= 0.3 is 0 Å². The standard InChI is InChI=1S/C21H26N4O3/c1-27-16-8-9-17(19(14-16)28-2)23-21(26)18-10-11-20(25-24-18)22-13-12-15-6-4-3-5-7-15/h6,8-11,14H,3-5,7,12-13H2,1-2H3,(H,22,25)(H,23,26). The lowest BCUT2D eigenvalue weighted by molar-refractivity contribution is 0.102. The van der Waals surface area contributed by atoms with Crippen molar-refractivity contribution >= 4 is 17.4 Å². The predicted octanol–water partition coefficient (Wildman–Crippen LogP) is 4.05. The minimum absolute atomic E-state index is 0.235. The van der Waals surface area contributed by atoms with Crippen LogP contribution in [-0.2, 0) is 0 Å². The average molecular weight is 382 g/mol. The molecule has 1 aliphatic carbocycles. The minimum Gasteiger partial charge on any atom is -0.497 e. The van der Waals surface area contributed by atoms with Gasteiger partial charge in [0.05, 0.1) is 19.9 Å². The van der Waals surface area contributed by atoms with Crippen LogP contribution in [0.4, 0.5) is 11.5 Å². The zero-order valence-electron chi connectivity index (χ0n) is 16.3. The highest BCUT2D eigenvalue weighted by molar-refractivity contribution is 6.03. The first-order valence-electron chi connectivity index (χ1n) is 9.48. The second-order valence-electron chi connectivity index (χ2n) is 6.61.